The van der Waals surface area contributed by atoms with Crippen LogP contribution in [0, 0.1) is 0 Å². The van der Waals surface area contributed by atoms with E-state index in [-0.39, 0.29) is 0 Å². The number of aryl methyl sites for hydroxylation is 1. The number of aromatic nitrogens is 3. The van der Waals surface area contributed by atoms with Crippen molar-refractivity contribution >= 4 is 22.2 Å². The van der Waals surface area contributed by atoms with Crippen LogP contribution in [0.3, 0.4) is 0 Å². The maximum Gasteiger partial charge on any atom is 0.203 e. The van der Waals surface area contributed by atoms with Crippen LogP contribution in [-0.4, -0.2) is 20.8 Å². The van der Waals surface area contributed by atoms with Crippen molar-refractivity contribution in [2.45, 2.75) is 57.4 Å². The zero-order valence-corrected chi connectivity index (χ0v) is 16.2. The summed E-state index contributed by atoms with van der Waals surface area (Å²) in [5, 5.41) is 6.91. The lowest BCUT2D eigenvalue weighted by molar-refractivity contribution is 0.519. The van der Waals surface area contributed by atoms with Gasteiger partial charge in [0, 0.05) is 24.2 Å². The average molecular weight is 367 g/mol. The van der Waals surface area contributed by atoms with E-state index < -0.39 is 0 Å². The molecule has 1 aliphatic carbocycles. The minimum absolute atomic E-state index is 0.443. The number of benzene rings is 1. The monoisotopic (exact) mass is 366 g/mol. The summed E-state index contributed by atoms with van der Waals surface area (Å²) in [5.41, 5.74) is 2.11. The van der Waals surface area contributed by atoms with Crippen molar-refractivity contribution in [2.75, 3.05) is 0 Å². The van der Waals surface area contributed by atoms with Crippen LogP contribution in [0.15, 0.2) is 41.5 Å². The predicted molar refractivity (Wildman–Crippen MR) is 108 cm³/mol. The molecule has 1 saturated carbocycles. The first kappa shape index (κ1) is 17.4. The van der Waals surface area contributed by atoms with Crippen molar-refractivity contribution < 1.29 is 0 Å². The van der Waals surface area contributed by atoms with Crippen molar-refractivity contribution in [3.63, 3.8) is 0 Å². The van der Waals surface area contributed by atoms with Crippen LogP contribution >= 0.6 is 11.3 Å². The number of hydrogen-bond acceptors (Lipinski definition) is 4. The van der Waals surface area contributed by atoms with E-state index >= 15 is 0 Å². The third-order valence-corrected chi connectivity index (χ3v) is 6.23. The molecule has 0 amide bonds. The van der Waals surface area contributed by atoms with E-state index in [0.29, 0.717) is 6.04 Å². The van der Waals surface area contributed by atoms with Crippen LogP contribution in [0.25, 0.3) is 21.5 Å². The molecule has 0 atom stereocenters. The quantitative estimate of drug-likeness (QED) is 0.633. The first-order valence-corrected chi connectivity index (χ1v) is 10.5. The minimum atomic E-state index is 0.443. The van der Waals surface area contributed by atoms with Gasteiger partial charge >= 0.3 is 0 Å². The Hall–Kier alpha value is -2.01. The summed E-state index contributed by atoms with van der Waals surface area (Å²) in [6.45, 7) is 0. The third-order valence-electron chi connectivity index (χ3n) is 5.19. The standard InChI is InChI=1S/C21H26N4S/c1-25-21(23-17-12-6-4-2-3-5-7-13-17)26-20(24-25)18-14-8-10-16-11-9-15-22-19(16)18/h8-11,14-15,17H,2-7,12-13H2,1H3. The van der Waals surface area contributed by atoms with E-state index in [1.54, 1.807) is 11.3 Å². The maximum atomic E-state index is 5.09. The summed E-state index contributed by atoms with van der Waals surface area (Å²) in [5.74, 6) is 0. The Morgan fingerprint density at radius 1 is 1.00 bits per heavy atom. The Kier molecular flexibility index (Phi) is 5.44. The van der Waals surface area contributed by atoms with Gasteiger partial charge < -0.3 is 0 Å². The Labute approximate surface area is 158 Å². The summed E-state index contributed by atoms with van der Waals surface area (Å²) < 4.78 is 1.94. The molecule has 0 unspecified atom stereocenters. The second kappa shape index (κ2) is 8.12. The fourth-order valence-electron chi connectivity index (χ4n) is 3.74. The number of hydrogen-bond donors (Lipinski definition) is 0. The minimum Gasteiger partial charge on any atom is -0.256 e. The van der Waals surface area contributed by atoms with Crippen LogP contribution in [-0.2, 0) is 7.05 Å². The highest BCUT2D eigenvalue weighted by Crippen LogP contribution is 2.27. The van der Waals surface area contributed by atoms with Gasteiger partial charge in [-0.1, -0.05) is 68.1 Å². The van der Waals surface area contributed by atoms with Gasteiger partial charge in [-0.2, -0.15) is 5.10 Å². The van der Waals surface area contributed by atoms with Crippen LogP contribution in [0.1, 0.15) is 51.4 Å². The second-order valence-electron chi connectivity index (χ2n) is 7.18. The van der Waals surface area contributed by atoms with Gasteiger partial charge in [0.05, 0.1) is 11.6 Å². The van der Waals surface area contributed by atoms with Crippen molar-refractivity contribution in [1.82, 2.24) is 14.8 Å². The molecule has 4 nitrogen and oxygen atoms in total. The fourth-order valence-corrected chi connectivity index (χ4v) is 4.73. The highest BCUT2D eigenvalue weighted by molar-refractivity contribution is 7.12. The van der Waals surface area contributed by atoms with Gasteiger partial charge in [0.2, 0.25) is 4.80 Å². The molecule has 0 bridgehead atoms. The lowest BCUT2D eigenvalue weighted by Gasteiger charge is -2.09. The molecule has 4 rings (SSSR count). The zero-order chi connectivity index (χ0) is 17.8. The van der Waals surface area contributed by atoms with Gasteiger partial charge in [-0.25, -0.2) is 4.68 Å². The van der Waals surface area contributed by atoms with E-state index in [1.807, 2.05) is 24.0 Å². The topological polar surface area (TPSA) is 43.1 Å². The molecule has 0 aliphatic heterocycles. The van der Waals surface area contributed by atoms with E-state index in [4.69, 9.17) is 10.1 Å². The number of rotatable bonds is 2. The van der Waals surface area contributed by atoms with Gasteiger partial charge in [0.1, 0.15) is 5.01 Å². The molecular formula is C21H26N4S. The molecule has 2 heterocycles. The second-order valence-corrected chi connectivity index (χ2v) is 8.13. The number of nitrogens with zero attached hydrogens (tertiary/aromatic N) is 4. The highest BCUT2D eigenvalue weighted by atomic mass is 32.1. The van der Waals surface area contributed by atoms with Crippen LogP contribution in [0.2, 0.25) is 0 Å². The van der Waals surface area contributed by atoms with Crippen molar-refractivity contribution in [3.05, 3.63) is 41.3 Å². The van der Waals surface area contributed by atoms with E-state index in [0.717, 1.165) is 26.3 Å². The number of para-hydroxylation sites is 1. The highest BCUT2D eigenvalue weighted by Gasteiger charge is 2.13. The molecule has 0 radical (unpaired) electrons. The molecule has 2 aromatic heterocycles. The Balaban J connectivity index is 1.68. The molecule has 136 valence electrons. The summed E-state index contributed by atoms with van der Waals surface area (Å²) in [6, 6.07) is 10.8. The SMILES string of the molecule is Cn1nc(-c2cccc3cccnc23)sc1=NC1CCCCCCCC1. The first-order chi connectivity index (χ1) is 12.8. The van der Waals surface area contributed by atoms with Crippen LogP contribution in [0.4, 0.5) is 0 Å². The molecule has 0 N–H and O–H groups in total. The zero-order valence-electron chi connectivity index (χ0n) is 15.4. The van der Waals surface area contributed by atoms with E-state index in [2.05, 4.69) is 29.2 Å². The molecule has 0 saturated heterocycles. The lowest BCUT2D eigenvalue weighted by Crippen LogP contribution is -2.17. The first-order valence-electron chi connectivity index (χ1n) is 9.73. The molecular weight excluding hydrogens is 340 g/mol. The molecule has 5 heteroatoms. The molecule has 1 aromatic carbocycles. The average Bonchev–Trinajstić information content (AvgIpc) is 3.08. The van der Waals surface area contributed by atoms with Crippen LogP contribution in [0.5, 0.6) is 0 Å². The van der Waals surface area contributed by atoms with Crippen molar-refractivity contribution in [1.29, 1.82) is 0 Å². The Morgan fingerprint density at radius 3 is 2.54 bits per heavy atom. The fraction of sp³-hybridized carbons (Fsp3) is 0.476. The van der Waals surface area contributed by atoms with Crippen LogP contribution < -0.4 is 4.80 Å². The van der Waals surface area contributed by atoms with Gasteiger partial charge in [0.25, 0.3) is 0 Å². The lowest BCUT2D eigenvalue weighted by atomic mass is 10.1. The summed E-state index contributed by atoms with van der Waals surface area (Å²) in [6.07, 6.45) is 12.4. The Bertz CT molecular complexity index is 925. The largest absolute Gasteiger partial charge is 0.256 e. The number of pyridine rings is 1. The molecule has 1 aliphatic rings. The third kappa shape index (κ3) is 3.88. The molecule has 0 spiro atoms. The molecule has 1 fully saturated rings. The maximum absolute atomic E-state index is 5.09. The van der Waals surface area contributed by atoms with Gasteiger partial charge in [0.15, 0.2) is 0 Å². The van der Waals surface area contributed by atoms with E-state index in [9.17, 15) is 0 Å². The molecule has 26 heavy (non-hydrogen) atoms. The van der Waals surface area contributed by atoms with E-state index in [1.165, 1.54) is 51.4 Å². The smallest absolute Gasteiger partial charge is 0.203 e. The summed E-state index contributed by atoms with van der Waals surface area (Å²) >= 11 is 1.68. The summed E-state index contributed by atoms with van der Waals surface area (Å²) in [4.78, 5) is 10.7. The predicted octanol–water partition coefficient (Wildman–Crippen LogP) is 5.10. The Morgan fingerprint density at radius 2 is 1.73 bits per heavy atom. The van der Waals surface area contributed by atoms with Gasteiger partial charge in [-0.3, -0.25) is 9.98 Å². The number of fused-ring (bicyclic) bond motifs is 1. The van der Waals surface area contributed by atoms with Gasteiger partial charge in [-0.05, 0) is 25.0 Å². The van der Waals surface area contributed by atoms with Crippen molar-refractivity contribution in [3.8, 4) is 10.6 Å². The summed E-state index contributed by atoms with van der Waals surface area (Å²) in [7, 11) is 2.01. The van der Waals surface area contributed by atoms with Crippen molar-refractivity contribution in [2.24, 2.45) is 12.0 Å². The molecule has 3 aromatic rings. The normalized spacial score (nSPS) is 17.8. The van der Waals surface area contributed by atoms with Gasteiger partial charge in [-0.15, -0.1) is 0 Å².